The fourth-order valence-electron chi connectivity index (χ4n) is 4.04. The van der Waals surface area contributed by atoms with Crippen LogP contribution in [0, 0.1) is 12.8 Å². The largest absolute Gasteiger partial charge is 0.338 e. The van der Waals surface area contributed by atoms with Crippen molar-refractivity contribution >= 4 is 16.9 Å². The van der Waals surface area contributed by atoms with Crippen molar-refractivity contribution in [1.82, 2.24) is 14.5 Å². The van der Waals surface area contributed by atoms with E-state index in [1.165, 1.54) is 0 Å². The Labute approximate surface area is 159 Å². The summed E-state index contributed by atoms with van der Waals surface area (Å²) in [5.74, 6) is 1.37. The molecule has 27 heavy (non-hydrogen) atoms. The van der Waals surface area contributed by atoms with Gasteiger partial charge in [0, 0.05) is 30.4 Å². The number of rotatable bonds is 3. The Bertz CT molecular complexity index is 961. The van der Waals surface area contributed by atoms with E-state index >= 15 is 0 Å². The maximum Gasteiger partial charge on any atom is 0.253 e. The summed E-state index contributed by atoms with van der Waals surface area (Å²) in [6.07, 6.45) is 2.11. The summed E-state index contributed by atoms with van der Waals surface area (Å²) < 4.78 is 2.12. The third-order valence-corrected chi connectivity index (χ3v) is 5.57. The number of carbonyl (C=O) groups excluding carboxylic acids is 1. The standard InChI is InChI=1S/C22H26N4O/c1-15(23)18-7-6-12-25(14-18)22(27)17-10-11-21-20(13-17)24-16(2)26(21)19-8-4-3-5-9-19/h3-5,8-11,13,15,18H,6-7,12,14,23H2,1-2H3. The molecule has 2 heterocycles. The quantitative estimate of drug-likeness (QED) is 0.775. The van der Waals surface area contributed by atoms with Crippen LogP contribution in [0.15, 0.2) is 48.5 Å². The zero-order valence-corrected chi connectivity index (χ0v) is 15.9. The summed E-state index contributed by atoms with van der Waals surface area (Å²) in [7, 11) is 0. The molecular formula is C22H26N4O. The Morgan fingerprint density at radius 1 is 1.22 bits per heavy atom. The molecule has 0 aliphatic carbocycles. The monoisotopic (exact) mass is 362 g/mol. The molecule has 0 radical (unpaired) electrons. The number of hydrogen-bond acceptors (Lipinski definition) is 3. The number of likely N-dealkylation sites (tertiary alicyclic amines) is 1. The lowest BCUT2D eigenvalue weighted by molar-refractivity contribution is 0.0661. The molecule has 0 spiro atoms. The number of imidazole rings is 1. The maximum absolute atomic E-state index is 13.0. The van der Waals surface area contributed by atoms with Gasteiger partial charge in [0.1, 0.15) is 5.82 Å². The van der Waals surface area contributed by atoms with Crippen molar-refractivity contribution in [3.8, 4) is 5.69 Å². The van der Waals surface area contributed by atoms with Gasteiger partial charge in [0.2, 0.25) is 0 Å². The second-order valence-corrected chi connectivity index (χ2v) is 7.55. The molecule has 2 unspecified atom stereocenters. The Balaban J connectivity index is 1.65. The van der Waals surface area contributed by atoms with Gasteiger partial charge >= 0.3 is 0 Å². The average Bonchev–Trinajstić information content (AvgIpc) is 3.03. The molecular weight excluding hydrogens is 336 g/mol. The summed E-state index contributed by atoms with van der Waals surface area (Å²) >= 11 is 0. The molecule has 1 aromatic heterocycles. The van der Waals surface area contributed by atoms with Crippen LogP contribution >= 0.6 is 0 Å². The second-order valence-electron chi connectivity index (χ2n) is 7.55. The van der Waals surface area contributed by atoms with E-state index in [1.54, 1.807) is 0 Å². The van der Waals surface area contributed by atoms with E-state index in [1.807, 2.05) is 55.1 Å². The van der Waals surface area contributed by atoms with E-state index in [0.29, 0.717) is 11.5 Å². The van der Waals surface area contributed by atoms with E-state index in [9.17, 15) is 4.79 Å². The number of piperidine rings is 1. The molecule has 140 valence electrons. The lowest BCUT2D eigenvalue weighted by Gasteiger charge is -2.34. The minimum absolute atomic E-state index is 0.0779. The van der Waals surface area contributed by atoms with Crippen LogP contribution in [0.4, 0.5) is 0 Å². The van der Waals surface area contributed by atoms with E-state index in [2.05, 4.69) is 16.7 Å². The molecule has 4 rings (SSSR count). The van der Waals surface area contributed by atoms with Crippen molar-refractivity contribution in [2.75, 3.05) is 13.1 Å². The van der Waals surface area contributed by atoms with Crippen LogP contribution in [0.3, 0.4) is 0 Å². The molecule has 0 saturated carbocycles. The predicted molar refractivity (Wildman–Crippen MR) is 108 cm³/mol. The lowest BCUT2D eigenvalue weighted by atomic mass is 9.92. The van der Waals surface area contributed by atoms with E-state index in [4.69, 9.17) is 10.7 Å². The first kappa shape index (κ1) is 17.7. The van der Waals surface area contributed by atoms with Crippen molar-refractivity contribution < 1.29 is 4.79 Å². The molecule has 2 atom stereocenters. The van der Waals surface area contributed by atoms with Crippen molar-refractivity contribution in [2.24, 2.45) is 11.7 Å². The maximum atomic E-state index is 13.0. The van der Waals surface area contributed by atoms with E-state index < -0.39 is 0 Å². The molecule has 5 nitrogen and oxygen atoms in total. The zero-order chi connectivity index (χ0) is 19.0. The van der Waals surface area contributed by atoms with Gasteiger partial charge in [0.25, 0.3) is 5.91 Å². The summed E-state index contributed by atoms with van der Waals surface area (Å²) in [6.45, 7) is 5.57. The Kier molecular flexibility index (Phi) is 4.70. The van der Waals surface area contributed by atoms with Crippen LogP contribution < -0.4 is 5.73 Å². The highest BCUT2D eigenvalue weighted by Crippen LogP contribution is 2.25. The normalized spacial score (nSPS) is 18.6. The first-order valence-electron chi connectivity index (χ1n) is 9.64. The molecule has 1 fully saturated rings. The number of fused-ring (bicyclic) bond motifs is 1. The molecule has 1 aliphatic heterocycles. The summed E-state index contributed by atoms with van der Waals surface area (Å²) in [6, 6.07) is 16.1. The summed E-state index contributed by atoms with van der Waals surface area (Å²) in [5.41, 5.74) is 9.71. The molecule has 0 bridgehead atoms. The van der Waals surface area contributed by atoms with Gasteiger partial charge in [0.05, 0.1) is 11.0 Å². The Morgan fingerprint density at radius 3 is 2.74 bits per heavy atom. The summed E-state index contributed by atoms with van der Waals surface area (Å²) in [5, 5.41) is 0. The average molecular weight is 362 g/mol. The topological polar surface area (TPSA) is 64.2 Å². The molecule has 2 N–H and O–H groups in total. The molecule has 1 aliphatic rings. The third kappa shape index (κ3) is 3.35. The van der Waals surface area contributed by atoms with Gasteiger partial charge in [-0.2, -0.15) is 0 Å². The van der Waals surface area contributed by atoms with Crippen LogP contribution in [0.2, 0.25) is 0 Å². The molecule has 1 saturated heterocycles. The molecule has 1 amide bonds. The number of aryl methyl sites for hydroxylation is 1. The Morgan fingerprint density at radius 2 is 2.00 bits per heavy atom. The van der Waals surface area contributed by atoms with Crippen LogP contribution in [0.1, 0.15) is 35.9 Å². The SMILES string of the molecule is Cc1nc2cc(C(=O)N3CCCC(C(C)N)C3)ccc2n1-c1ccccc1. The molecule has 5 heteroatoms. The number of nitrogens with two attached hydrogens (primary N) is 1. The van der Waals surface area contributed by atoms with Gasteiger partial charge in [-0.3, -0.25) is 9.36 Å². The minimum Gasteiger partial charge on any atom is -0.338 e. The fourth-order valence-corrected chi connectivity index (χ4v) is 4.04. The van der Waals surface area contributed by atoms with Crippen LogP contribution in [0.5, 0.6) is 0 Å². The number of carbonyl (C=O) groups is 1. The van der Waals surface area contributed by atoms with Crippen molar-refractivity contribution in [3.63, 3.8) is 0 Å². The number of hydrogen-bond donors (Lipinski definition) is 1. The van der Waals surface area contributed by atoms with Crippen LogP contribution in [-0.2, 0) is 0 Å². The first-order valence-corrected chi connectivity index (χ1v) is 9.64. The third-order valence-electron chi connectivity index (χ3n) is 5.57. The van der Waals surface area contributed by atoms with Crippen LogP contribution in [0.25, 0.3) is 16.7 Å². The number of amides is 1. The van der Waals surface area contributed by atoms with Gasteiger partial charge in [0.15, 0.2) is 0 Å². The van der Waals surface area contributed by atoms with Gasteiger partial charge in [-0.05, 0) is 62.9 Å². The summed E-state index contributed by atoms with van der Waals surface area (Å²) in [4.78, 5) is 19.7. The first-order chi connectivity index (χ1) is 13.0. The Hall–Kier alpha value is -2.66. The highest BCUT2D eigenvalue weighted by molar-refractivity contribution is 5.97. The number of nitrogens with zero attached hydrogens (tertiary/aromatic N) is 3. The molecule has 2 aromatic carbocycles. The molecule has 3 aromatic rings. The smallest absolute Gasteiger partial charge is 0.253 e. The van der Waals surface area contributed by atoms with E-state index in [0.717, 1.165) is 48.5 Å². The number of para-hydroxylation sites is 1. The fraction of sp³-hybridized carbons (Fsp3) is 0.364. The van der Waals surface area contributed by atoms with Crippen molar-refractivity contribution in [2.45, 2.75) is 32.7 Å². The van der Waals surface area contributed by atoms with Gasteiger partial charge in [-0.1, -0.05) is 18.2 Å². The van der Waals surface area contributed by atoms with Gasteiger partial charge in [-0.15, -0.1) is 0 Å². The number of aromatic nitrogens is 2. The van der Waals surface area contributed by atoms with Gasteiger partial charge < -0.3 is 10.6 Å². The number of benzene rings is 2. The van der Waals surface area contributed by atoms with Crippen molar-refractivity contribution in [1.29, 1.82) is 0 Å². The highest BCUT2D eigenvalue weighted by Gasteiger charge is 2.26. The zero-order valence-electron chi connectivity index (χ0n) is 15.9. The van der Waals surface area contributed by atoms with E-state index in [-0.39, 0.29) is 11.9 Å². The van der Waals surface area contributed by atoms with Crippen LogP contribution in [-0.4, -0.2) is 39.5 Å². The van der Waals surface area contributed by atoms with Gasteiger partial charge in [-0.25, -0.2) is 4.98 Å². The minimum atomic E-state index is 0.0779. The van der Waals surface area contributed by atoms with Crippen molar-refractivity contribution in [3.05, 3.63) is 59.9 Å². The predicted octanol–water partition coefficient (Wildman–Crippen LogP) is 3.53. The lowest BCUT2D eigenvalue weighted by Crippen LogP contribution is -2.45. The second kappa shape index (κ2) is 7.16. The highest BCUT2D eigenvalue weighted by atomic mass is 16.2.